The molecule has 108 valence electrons. The summed E-state index contributed by atoms with van der Waals surface area (Å²) in [4.78, 5) is 8.94. The second-order valence-corrected chi connectivity index (χ2v) is 7.12. The highest BCUT2D eigenvalue weighted by atomic mass is 79.9. The van der Waals surface area contributed by atoms with E-state index in [0.29, 0.717) is 5.92 Å². The van der Waals surface area contributed by atoms with Crippen LogP contribution in [0.2, 0.25) is 0 Å². The Bertz CT molecular complexity index is 416. The van der Waals surface area contributed by atoms with Crippen LogP contribution in [0.1, 0.15) is 46.9 Å². The van der Waals surface area contributed by atoms with Crippen molar-refractivity contribution in [2.45, 2.75) is 52.5 Å². The molecular formula is C14H24BrN3O. The first-order valence-electron chi connectivity index (χ1n) is 6.65. The zero-order chi connectivity index (χ0) is 14.6. The van der Waals surface area contributed by atoms with Crippen LogP contribution in [-0.4, -0.2) is 27.7 Å². The molecule has 0 aliphatic heterocycles. The van der Waals surface area contributed by atoms with Crippen molar-refractivity contribution in [3.8, 4) is 0 Å². The van der Waals surface area contributed by atoms with Crippen LogP contribution in [0.25, 0.3) is 0 Å². The minimum Gasteiger partial charge on any atom is -0.394 e. The Morgan fingerprint density at radius 3 is 2.42 bits per heavy atom. The standard InChI is InChI=1S/C14H24BrN3O/c1-9(2)6-10(8-19)16-12-7-11(15)17-13(18-12)14(3,4)5/h7,9-10,19H,6,8H2,1-5H3,(H,16,17,18). The van der Waals surface area contributed by atoms with E-state index in [9.17, 15) is 5.11 Å². The van der Waals surface area contributed by atoms with E-state index < -0.39 is 0 Å². The van der Waals surface area contributed by atoms with E-state index >= 15 is 0 Å². The molecule has 1 atom stereocenters. The fourth-order valence-electron chi connectivity index (χ4n) is 1.78. The minimum atomic E-state index is -0.104. The van der Waals surface area contributed by atoms with E-state index in [-0.39, 0.29) is 18.1 Å². The molecule has 0 aliphatic rings. The molecule has 1 heterocycles. The fraction of sp³-hybridized carbons (Fsp3) is 0.714. The first kappa shape index (κ1) is 16.4. The van der Waals surface area contributed by atoms with Crippen LogP contribution >= 0.6 is 15.9 Å². The van der Waals surface area contributed by atoms with Gasteiger partial charge < -0.3 is 10.4 Å². The lowest BCUT2D eigenvalue weighted by Crippen LogP contribution is -2.27. The summed E-state index contributed by atoms with van der Waals surface area (Å²) >= 11 is 3.41. The highest BCUT2D eigenvalue weighted by Gasteiger charge is 2.19. The molecule has 0 aliphatic carbocycles. The average Bonchev–Trinajstić information content (AvgIpc) is 2.25. The third-order valence-electron chi connectivity index (χ3n) is 2.69. The summed E-state index contributed by atoms with van der Waals surface area (Å²) in [6.45, 7) is 10.6. The molecule has 1 rings (SSSR count). The first-order valence-corrected chi connectivity index (χ1v) is 7.44. The number of nitrogens with zero attached hydrogens (tertiary/aromatic N) is 2. The third kappa shape index (κ3) is 5.45. The Labute approximate surface area is 124 Å². The molecule has 0 fully saturated rings. The normalized spacial score (nSPS) is 13.7. The van der Waals surface area contributed by atoms with Crippen molar-refractivity contribution < 1.29 is 5.11 Å². The highest BCUT2D eigenvalue weighted by Crippen LogP contribution is 2.23. The molecule has 0 saturated carbocycles. The second kappa shape index (κ2) is 6.66. The van der Waals surface area contributed by atoms with Gasteiger partial charge in [-0.3, -0.25) is 0 Å². The summed E-state index contributed by atoms with van der Waals surface area (Å²) in [5, 5.41) is 12.7. The smallest absolute Gasteiger partial charge is 0.137 e. The Kier molecular flexibility index (Phi) is 5.74. The maximum absolute atomic E-state index is 9.42. The van der Waals surface area contributed by atoms with E-state index in [1.807, 2.05) is 6.07 Å². The van der Waals surface area contributed by atoms with Crippen molar-refractivity contribution in [2.24, 2.45) is 5.92 Å². The summed E-state index contributed by atoms with van der Waals surface area (Å²) in [7, 11) is 0. The fourth-order valence-corrected chi connectivity index (χ4v) is 2.17. The zero-order valence-electron chi connectivity index (χ0n) is 12.4. The van der Waals surface area contributed by atoms with Crippen molar-refractivity contribution in [3.05, 3.63) is 16.5 Å². The van der Waals surface area contributed by atoms with E-state index in [4.69, 9.17) is 0 Å². The van der Waals surface area contributed by atoms with Gasteiger partial charge in [0.2, 0.25) is 0 Å². The summed E-state index contributed by atoms with van der Waals surface area (Å²) in [6.07, 6.45) is 0.906. The Morgan fingerprint density at radius 1 is 1.32 bits per heavy atom. The molecule has 0 radical (unpaired) electrons. The number of anilines is 1. The van der Waals surface area contributed by atoms with Gasteiger partial charge >= 0.3 is 0 Å². The molecule has 1 unspecified atom stereocenters. The Hall–Kier alpha value is -0.680. The molecule has 19 heavy (non-hydrogen) atoms. The van der Waals surface area contributed by atoms with Gasteiger partial charge in [-0.2, -0.15) is 0 Å². The number of nitrogens with one attached hydrogen (secondary N) is 1. The topological polar surface area (TPSA) is 58.0 Å². The summed E-state index contributed by atoms with van der Waals surface area (Å²) in [5.74, 6) is 2.06. The molecular weight excluding hydrogens is 306 g/mol. The molecule has 0 saturated heterocycles. The van der Waals surface area contributed by atoms with Gasteiger partial charge in [0, 0.05) is 11.5 Å². The van der Waals surface area contributed by atoms with Crippen LogP contribution in [0, 0.1) is 5.92 Å². The van der Waals surface area contributed by atoms with Gasteiger partial charge in [0.05, 0.1) is 12.6 Å². The molecule has 1 aromatic heterocycles. The van der Waals surface area contributed by atoms with Gasteiger partial charge in [0.1, 0.15) is 16.2 Å². The van der Waals surface area contributed by atoms with Crippen LogP contribution in [0.15, 0.2) is 10.7 Å². The largest absolute Gasteiger partial charge is 0.394 e. The highest BCUT2D eigenvalue weighted by molar-refractivity contribution is 9.10. The van der Waals surface area contributed by atoms with Crippen molar-refractivity contribution in [3.63, 3.8) is 0 Å². The quantitative estimate of drug-likeness (QED) is 0.813. The van der Waals surface area contributed by atoms with Crippen LogP contribution < -0.4 is 5.32 Å². The zero-order valence-corrected chi connectivity index (χ0v) is 14.0. The lowest BCUT2D eigenvalue weighted by Gasteiger charge is -2.21. The number of aromatic nitrogens is 2. The van der Waals surface area contributed by atoms with Crippen LogP contribution in [0.3, 0.4) is 0 Å². The lowest BCUT2D eigenvalue weighted by atomic mass is 9.96. The van der Waals surface area contributed by atoms with E-state index in [2.05, 4.69) is 65.8 Å². The van der Waals surface area contributed by atoms with Crippen LogP contribution in [0.5, 0.6) is 0 Å². The predicted molar refractivity (Wildman–Crippen MR) is 82.4 cm³/mol. The Balaban J connectivity index is 2.91. The van der Waals surface area contributed by atoms with Crippen molar-refractivity contribution in [1.29, 1.82) is 0 Å². The van der Waals surface area contributed by atoms with Crippen molar-refractivity contribution in [1.82, 2.24) is 9.97 Å². The number of rotatable bonds is 5. The van der Waals surface area contributed by atoms with Gasteiger partial charge in [-0.25, -0.2) is 9.97 Å². The summed E-state index contributed by atoms with van der Waals surface area (Å²) in [5.41, 5.74) is -0.104. The van der Waals surface area contributed by atoms with Gasteiger partial charge in [-0.15, -0.1) is 0 Å². The maximum Gasteiger partial charge on any atom is 0.137 e. The molecule has 2 N–H and O–H groups in total. The monoisotopic (exact) mass is 329 g/mol. The molecule has 1 aromatic rings. The number of aliphatic hydroxyl groups excluding tert-OH is 1. The lowest BCUT2D eigenvalue weighted by molar-refractivity contribution is 0.259. The van der Waals surface area contributed by atoms with Crippen LogP contribution in [0.4, 0.5) is 5.82 Å². The maximum atomic E-state index is 9.42. The molecule has 0 spiro atoms. The SMILES string of the molecule is CC(C)CC(CO)Nc1cc(Br)nc(C(C)(C)C)n1. The third-order valence-corrected chi connectivity index (χ3v) is 3.10. The number of hydrogen-bond donors (Lipinski definition) is 2. The minimum absolute atomic E-state index is 0.0228. The number of halogens is 1. The Morgan fingerprint density at radius 2 is 1.95 bits per heavy atom. The van der Waals surface area contributed by atoms with E-state index in [1.54, 1.807) is 0 Å². The molecule has 5 heteroatoms. The van der Waals surface area contributed by atoms with E-state index in [0.717, 1.165) is 22.7 Å². The van der Waals surface area contributed by atoms with E-state index in [1.165, 1.54) is 0 Å². The van der Waals surface area contributed by atoms with Crippen molar-refractivity contribution >= 4 is 21.7 Å². The number of hydrogen-bond acceptors (Lipinski definition) is 4. The van der Waals surface area contributed by atoms with Crippen molar-refractivity contribution in [2.75, 3.05) is 11.9 Å². The van der Waals surface area contributed by atoms with Gasteiger partial charge in [0.25, 0.3) is 0 Å². The molecule has 0 amide bonds. The molecule has 0 aromatic carbocycles. The summed E-state index contributed by atoms with van der Waals surface area (Å²) < 4.78 is 0.760. The first-order chi connectivity index (χ1) is 8.72. The van der Waals surface area contributed by atoms with Gasteiger partial charge in [-0.1, -0.05) is 34.6 Å². The van der Waals surface area contributed by atoms with Gasteiger partial charge in [0.15, 0.2) is 0 Å². The number of aliphatic hydroxyl groups is 1. The van der Waals surface area contributed by atoms with Gasteiger partial charge in [-0.05, 0) is 28.3 Å². The average molecular weight is 330 g/mol. The molecule has 4 nitrogen and oxygen atoms in total. The van der Waals surface area contributed by atoms with Crippen LogP contribution in [-0.2, 0) is 5.41 Å². The molecule has 0 bridgehead atoms. The summed E-state index contributed by atoms with van der Waals surface area (Å²) in [6, 6.07) is 1.87. The second-order valence-electron chi connectivity index (χ2n) is 6.30. The predicted octanol–water partition coefficient (Wildman–Crippen LogP) is 3.36.